The Bertz CT molecular complexity index is 458. The first-order chi connectivity index (χ1) is 8.81. The Morgan fingerprint density at radius 1 is 1.42 bits per heavy atom. The van der Waals surface area contributed by atoms with Crippen LogP contribution < -0.4 is 16.8 Å². The fourth-order valence-electron chi connectivity index (χ4n) is 1.51. The largest absolute Gasteiger partial charge is 0.368 e. The van der Waals surface area contributed by atoms with Crippen molar-refractivity contribution >= 4 is 23.2 Å². The zero-order chi connectivity index (χ0) is 14.6. The number of aromatic nitrogens is 1. The molecule has 2 amide bonds. The molecule has 1 aromatic rings. The lowest BCUT2D eigenvalue weighted by Crippen LogP contribution is -2.42. The predicted octanol–water partition coefficient (Wildman–Crippen LogP) is 0.793. The highest BCUT2D eigenvalue weighted by Gasteiger charge is 2.18. The van der Waals surface area contributed by atoms with Gasteiger partial charge in [-0.25, -0.2) is 4.98 Å². The van der Waals surface area contributed by atoms with Gasteiger partial charge in [-0.15, -0.1) is 11.3 Å². The lowest BCUT2D eigenvalue weighted by atomic mass is 10.1. The molecule has 2 atom stereocenters. The molecule has 0 spiro atoms. The molecule has 1 aromatic heterocycles. The molecule has 0 saturated carbocycles. The number of hydrogen-bond acceptors (Lipinski definition) is 5. The van der Waals surface area contributed by atoms with Gasteiger partial charge < -0.3 is 16.8 Å². The molecule has 0 radical (unpaired) electrons. The molecule has 2 unspecified atom stereocenters. The van der Waals surface area contributed by atoms with Gasteiger partial charge in [0.2, 0.25) is 5.91 Å². The molecular formula is C12H20N4O2S. The summed E-state index contributed by atoms with van der Waals surface area (Å²) in [4.78, 5) is 26.9. The second kappa shape index (κ2) is 6.63. The fourth-order valence-corrected chi connectivity index (χ4v) is 2.33. The van der Waals surface area contributed by atoms with E-state index in [4.69, 9.17) is 11.5 Å². The Balaban J connectivity index is 2.68. The average molecular weight is 284 g/mol. The van der Waals surface area contributed by atoms with Crippen LogP contribution in [-0.4, -0.2) is 22.8 Å². The van der Waals surface area contributed by atoms with Crippen molar-refractivity contribution in [3.63, 3.8) is 0 Å². The van der Waals surface area contributed by atoms with Crippen molar-refractivity contribution in [1.29, 1.82) is 0 Å². The van der Waals surface area contributed by atoms with Crippen LogP contribution in [0.25, 0.3) is 0 Å². The van der Waals surface area contributed by atoms with Crippen molar-refractivity contribution < 1.29 is 9.59 Å². The van der Waals surface area contributed by atoms with E-state index in [1.807, 2.05) is 0 Å². The van der Waals surface area contributed by atoms with Gasteiger partial charge in [-0.3, -0.25) is 9.59 Å². The van der Waals surface area contributed by atoms with Gasteiger partial charge in [0.1, 0.15) is 16.7 Å². The summed E-state index contributed by atoms with van der Waals surface area (Å²) in [5, 5.41) is 4.84. The monoisotopic (exact) mass is 284 g/mol. The Morgan fingerprint density at radius 3 is 2.58 bits per heavy atom. The number of carbonyl (C=O) groups excluding carboxylic acids is 2. The molecular weight excluding hydrogens is 264 g/mol. The van der Waals surface area contributed by atoms with Gasteiger partial charge in [0.05, 0.1) is 6.04 Å². The first kappa shape index (κ1) is 15.6. The maximum atomic E-state index is 11.8. The van der Waals surface area contributed by atoms with E-state index in [0.29, 0.717) is 5.92 Å². The molecule has 1 rings (SSSR count). The number of amides is 2. The minimum atomic E-state index is -0.720. The Labute approximate surface area is 116 Å². The van der Waals surface area contributed by atoms with Crippen LogP contribution in [0.15, 0.2) is 5.38 Å². The van der Waals surface area contributed by atoms with E-state index in [1.165, 1.54) is 18.3 Å². The van der Waals surface area contributed by atoms with Crippen LogP contribution in [0.5, 0.6) is 0 Å². The van der Waals surface area contributed by atoms with Crippen LogP contribution in [0.4, 0.5) is 0 Å². The van der Waals surface area contributed by atoms with E-state index >= 15 is 0 Å². The normalized spacial score (nSPS) is 14.2. The van der Waals surface area contributed by atoms with Gasteiger partial charge >= 0.3 is 0 Å². The molecule has 1 heterocycles. The molecule has 6 nitrogen and oxygen atoms in total. The average Bonchev–Trinajstić information content (AvgIpc) is 2.76. The summed E-state index contributed by atoms with van der Waals surface area (Å²) in [5.41, 5.74) is 11.4. The Morgan fingerprint density at radius 2 is 2.05 bits per heavy atom. The van der Waals surface area contributed by atoms with Gasteiger partial charge in [0.25, 0.3) is 5.91 Å². The van der Waals surface area contributed by atoms with E-state index in [-0.39, 0.29) is 11.7 Å². The van der Waals surface area contributed by atoms with Gasteiger partial charge in [0.15, 0.2) is 0 Å². The quantitative estimate of drug-likeness (QED) is 0.717. The molecule has 0 bridgehead atoms. The molecule has 7 heteroatoms. The standard InChI is InChI=1S/C12H20N4O2S/c1-6(2)4-8(13)12-16-9(5-19-12)11(18)15-7(3)10(14)17/h5-8H,4,13H2,1-3H3,(H2,14,17)(H,15,18). The van der Waals surface area contributed by atoms with E-state index in [2.05, 4.69) is 24.1 Å². The van der Waals surface area contributed by atoms with Crippen molar-refractivity contribution in [2.45, 2.75) is 39.3 Å². The number of nitrogens with two attached hydrogens (primary N) is 2. The molecule has 19 heavy (non-hydrogen) atoms. The summed E-state index contributed by atoms with van der Waals surface area (Å²) >= 11 is 1.35. The van der Waals surface area contributed by atoms with E-state index in [1.54, 1.807) is 5.38 Å². The molecule has 0 aliphatic heterocycles. The highest BCUT2D eigenvalue weighted by molar-refractivity contribution is 7.09. The zero-order valence-electron chi connectivity index (χ0n) is 11.3. The van der Waals surface area contributed by atoms with Crippen molar-refractivity contribution in [2.24, 2.45) is 17.4 Å². The SMILES string of the molecule is CC(C)CC(N)c1nc(C(=O)NC(C)C(N)=O)cs1. The van der Waals surface area contributed by atoms with Crippen molar-refractivity contribution in [2.75, 3.05) is 0 Å². The van der Waals surface area contributed by atoms with Crippen LogP contribution in [0, 0.1) is 5.92 Å². The zero-order valence-corrected chi connectivity index (χ0v) is 12.2. The summed E-state index contributed by atoms with van der Waals surface area (Å²) in [6.07, 6.45) is 0.812. The maximum Gasteiger partial charge on any atom is 0.271 e. The molecule has 0 aromatic carbocycles. The van der Waals surface area contributed by atoms with Crippen LogP contribution in [-0.2, 0) is 4.79 Å². The third kappa shape index (κ3) is 4.60. The summed E-state index contributed by atoms with van der Waals surface area (Å²) in [5.74, 6) is -0.531. The number of primary amides is 1. The number of carbonyl (C=O) groups is 2. The maximum absolute atomic E-state index is 11.8. The summed E-state index contributed by atoms with van der Waals surface area (Å²) in [7, 11) is 0. The number of hydrogen-bond donors (Lipinski definition) is 3. The molecule has 0 fully saturated rings. The Hall–Kier alpha value is -1.47. The summed E-state index contributed by atoms with van der Waals surface area (Å²) in [6.45, 7) is 5.68. The van der Waals surface area contributed by atoms with E-state index in [9.17, 15) is 9.59 Å². The molecule has 106 valence electrons. The van der Waals surface area contributed by atoms with Crippen LogP contribution in [0.1, 0.15) is 48.7 Å². The van der Waals surface area contributed by atoms with Crippen LogP contribution in [0.2, 0.25) is 0 Å². The fraction of sp³-hybridized carbons (Fsp3) is 0.583. The minimum absolute atomic E-state index is 0.167. The lowest BCUT2D eigenvalue weighted by molar-refractivity contribution is -0.119. The predicted molar refractivity (Wildman–Crippen MR) is 74.6 cm³/mol. The number of nitrogens with one attached hydrogen (secondary N) is 1. The molecule has 0 saturated heterocycles. The van der Waals surface area contributed by atoms with Gasteiger partial charge in [-0.2, -0.15) is 0 Å². The summed E-state index contributed by atoms with van der Waals surface area (Å²) in [6, 6.07) is -0.887. The highest BCUT2D eigenvalue weighted by atomic mass is 32.1. The van der Waals surface area contributed by atoms with Crippen molar-refractivity contribution in [1.82, 2.24) is 10.3 Å². The molecule has 0 aliphatic carbocycles. The molecule has 0 aliphatic rings. The number of rotatable bonds is 6. The number of nitrogens with zero attached hydrogens (tertiary/aromatic N) is 1. The van der Waals surface area contributed by atoms with E-state index in [0.717, 1.165) is 11.4 Å². The highest BCUT2D eigenvalue weighted by Crippen LogP contribution is 2.22. The third-order valence-electron chi connectivity index (χ3n) is 2.57. The van der Waals surface area contributed by atoms with Gasteiger partial charge in [-0.1, -0.05) is 13.8 Å². The first-order valence-corrected chi connectivity index (χ1v) is 7.00. The smallest absolute Gasteiger partial charge is 0.271 e. The second-order valence-electron chi connectivity index (χ2n) is 4.90. The first-order valence-electron chi connectivity index (χ1n) is 6.12. The van der Waals surface area contributed by atoms with Gasteiger partial charge in [0, 0.05) is 5.38 Å². The summed E-state index contributed by atoms with van der Waals surface area (Å²) < 4.78 is 0. The van der Waals surface area contributed by atoms with Crippen molar-refractivity contribution in [3.8, 4) is 0 Å². The van der Waals surface area contributed by atoms with Gasteiger partial charge in [-0.05, 0) is 19.3 Å². The molecule has 5 N–H and O–H groups in total. The topological polar surface area (TPSA) is 111 Å². The second-order valence-corrected chi connectivity index (χ2v) is 5.79. The minimum Gasteiger partial charge on any atom is -0.368 e. The van der Waals surface area contributed by atoms with Crippen molar-refractivity contribution in [3.05, 3.63) is 16.1 Å². The Kier molecular flexibility index (Phi) is 5.44. The lowest BCUT2D eigenvalue weighted by Gasteiger charge is -2.11. The van der Waals surface area contributed by atoms with Crippen LogP contribution >= 0.6 is 11.3 Å². The third-order valence-corrected chi connectivity index (χ3v) is 3.55. The number of thiazole rings is 1. The van der Waals surface area contributed by atoms with Crippen LogP contribution in [0.3, 0.4) is 0 Å². The van der Waals surface area contributed by atoms with E-state index < -0.39 is 17.9 Å².